The Morgan fingerprint density at radius 3 is 3.12 bits per heavy atom. The first kappa shape index (κ1) is 12.2. The molecule has 0 aliphatic heterocycles. The minimum atomic E-state index is -0.315. The van der Waals surface area contributed by atoms with Crippen molar-refractivity contribution >= 4 is 11.6 Å². The lowest BCUT2D eigenvalue weighted by atomic mass is 10.4. The molecule has 1 heterocycles. The van der Waals surface area contributed by atoms with E-state index in [1.54, 1.807) is 7.11 Å². The van der Waals surface area contributed by atoms with E-state index in [0.29, 0.717) is 18.8 Å². The third-order valence-electron chi connectivity index (χ3n) is 1.75. The number of H-pyrrole nitrogens is 1. The molecule has 88 valence electrons. The van der Waals surface area contributed by atoms with Gasteiger partial charge in [-0.2, -0.15) is 5.10 Å². The molecule has 1 amide bonds. The monoisotopic (exact) mass is 226 g/mol. The molecule has 0 aliphatic carbocycles. The average molecular weight is 226 g/mol. The Hall–Kier alpha value is -1.89. The predicted octanol–water partition coefficient (Wildman–Crippen LogP) is -1.06. The van der Waals surface area contributed by atoms with Crippen LogP contribution < -0.4 is 16.2 Å². The first-order chi connectivity index (χ1) is 7.72. The largest absolute Gasteiger partial charge is 0.383 e. The zero-order chi connectivity index (χ0) is 11.8. The van der Waals surface area contributed by atoms with Crippen LogP contribution in [0.1, 0.15) is 0 Å². The highest BCUT2D eigenvalue weighted by atomic mass is 16.5. The van der Waals surface area contributed by atoms with Crippen molar-refractivity contribution in [3.05, 3.63) is 22.6 Å². The highest BCUT2D eigenvalue weighted by Gasteiger charge is 2.00. The summed E-state index contributed by atoms with van der Waals surface area (Å²) in [5.41, 5.74) is 0.190. The van der Waals surface area contributed by atoms with Gasteiger partial charge in [-0.1, -0.05) is 0 Å². The van der Waals surface area contributed by atoms with Gasteiger partial charge in [0.05, 0.1) is 25.0 Å². The fraction of sp³-hybridized carbons (Fsp3) is 0.444. The maximum absolute atomic E-state index is 11.2. The van der Waals surface area contributed by atoms with Crippen LogP contribution in [0.5, 0.6) is 0 Å². The van der Waals surface area contributed by atoms with Gasteiger partial charge in [0.1, 0.15) is 0 Å². The smallest absolute Gasteiger partial charge is 0.266 e. The minimum absolute atomic E-state index is 0.0921. The number of aromatic nitrogens is 2. The number of methoxy groups -OCH3 is 1. The van der Waals surface area contributed by atoms with Crippen molar-refractivity contribution in [1.29, 1.82) is 0 Å². The number of aromatic amines is 1. The number of nitrogens with one attached hydrogen (secondary N) is 3. The topological polar surface area (TPSA) is 96.1 Å². The standard InChI is InChI=1S/C9H14N4O3/c1-16-3-2-10-9(15)6-11-7-4-8(14)13-12-5-7/h4-5H,2-3,6H2,1H3,(H,10,15)(H2,11,13,14). The van der Waals surface area contributed by atoms with Crippen LogP contribution in [0.4, 0.5) is 5.69 Å². The zero-order valence-electron chi connectivity index (χ0n) is 8.95. The van der Waals surface area contributed by atoms with Crippen LogP contribution in [0.2, 0.25) is 0 Å². The number of hydrogen-bond donors (Lipinski definition) is 3. The number of nitrogens with zero attached hydrogens (tertiary/aromatic N) is 1. The minimum Gasteiger partial charge on any atom is -0.383 e. The molecule has 0 saturated carbocycles. The Balaban J connectivity index is 2.29. The Morgan fingerprint density at radius 2 is 2.44 bits per heavy atom. The molecule has 0 aromatic carbocycles. The van der Waals surface area contributed by atoms with Crippen LogP contribution >= 0.6 is 0 Å². The zero-order valence-corrected chi connectivity index (χ0v) is 8.95. The summed E-state index contributed by atoms with van der Waals surface area (Å²) in [5, 5.41) is 11.2. The summed E-state index contributed by atoms with van der Waals surface area (Å²) in [7, 11) is 1.56. The van der Waals surface area contributed by atoms with E-state index in [9.17, 15) is 9.59 Å². The van der Waals surface area contributed by atoms with Crippen molar-refractivity contribution in [1.82, 2.24) is 15.5 Å². The molecule has 1 aromatic heterocycles. The SMILES string of the molecule is COCCNC(=O)CNc1cn[nH]c(=O)c1. The van der Waals surface area contributed by atoms with Gasteiger partial charge in [0.2, 0.25) is 5.91 Å². The van der Waals surface area contributed by atoms with Crippen molar-refractivity contribution in [3.8, 4) is 0 Å². The molecule has 16 heavy (non-hydrogen) atoms. The van der Waals surface area contributed by atoms with E-state index in [4.69, 9.17) is 4.74 Å². The van der Waals surface area contributed by atoms with E-state index in [-0.39, 0.29) is 18.0 Å². The predicted molar refractivity (Wildman–Crippen MR) is 58.2 cm³/mol. The third kappa shape index (κ3) is 4.56. The molecule has 1 aromatic rings. The normalized spacial score (nSPS) is 9.81. The second kappa shape index (κ2) is 6.57. The Kier molecular flexibility index (Phi) is 5.00. The van der Waals surface area contributed by atoms with Gasteiger partial charge < -0.3 is 15.4 Å². The number of carbonyl (C=O) groups is 1. The number of anilines is 1. The molecule has 0 saturated heterocycles. The average Bonchev–Trinajstić information content (AvgIpc) is 2.27. The quantitative estimate of drug-likeness (QED) is 0.537. The molecule has 0 fully saturated rings. The van der Waals surface area contributed by atoms with Crippen LogP contribution in [0.3, 0.4) is 0 Å². The first-order valence-electron chi connectivity index (χ1n) is 4.76. The van der Waals surface area contributed by atoms with Gasteiger partial charge in [-0.3, -0.25) is 9.59 Å². The van der Waals surface area contributed by atoms with Crippen LogP contribution in [-0.4, -0.2) is 42.9 Å². The molecule has 1 rings (SSSR count). The fourth-order valence-corrected chi connectivity index (χ4v) is 1.01. The van der Waals surface area contributed by atoms with E-state index in [1.807, 2.05) is 0 Å². The van der Waals surface area contributed by atoms with Crippen LogP contribution in [0.15, 0.2) is 17.1 Å². The van der Waals surface area contributed by atoms with E-state index in [0.717, 1.165) is 0 Å². The fourth-order valence-electron chi connectivity index (χ4n) is 1.01. The summed E-state index contributed by atoms with van der Waals surface area (Å²) in [6.07, 6.45) is 1.43. The Morgan fingerprint density at radius 1 is 1.62 bits per heavy atom. The molecule has 7 nitrogen and oxygen atoms in total. The van der Waals surface area contributed by atoms with Crippen molar-refractivity contribution in [2.45, 2.75) is 0 Å². The molecule has 0 spiro atoms. The summed E-state index contributed by atoms with van der Waals surface area (Å²) in [4.78, 5) is 22.1. The number of amides is 1. The van der Waals surface area contributed by atoms with E-state index < -0.39 is 0 Å². The van der Waals surface area contributed by atoms with E-state index in [1.165, 1.54) is 12.3 Å². The molecular formula is C9H14N4O3. The van der Waals surface area contributed by atoms with E-state index >= 15 is 0 Å². The summed E-state index contributed by atoms with van der Waals surface area (Å²) >= 11 is 0. The number of rotatable bonds is 6. The van der Waals surface area contributed by atoms with Gasteiger partial charge in [-0.05, 0) is 0 Å². The summed E-state index contributed by atoms with van der Waals surface area (Å²) in [5.74, 6) is -0.169. The van der Waals surface area contributed by atoms with E-state index in [2.05, 4.69) is 20.8 Å². The van der Waals surface area contributed by atoms with Gasteiger partial charge in [-0.15, -0.1) is 0 Å². The highest BCUT2D eigenvalue weighted by molar-refractivity contribution is 5.80. The second-order valence-electron chi connectivity index (χ2n) is 3.03. The molecule has 3 N–H and O–H groups in total. The van der Waals surface area contributed by atoms with Gasteiger partial charge in [0, 0.05) is 19.7 Å². The molecule has 0 unspecified atom stereocenters. The van der Waals surface area contributed by atoms with Crippen molar-refractivity contribution in [2.24, 2.45) is 0 Å². The molecular weight excluding hydrogens is 212 g/mol. The van der Waals surface area contributed by atoms with Crippen LogP contribution in [0.25, 0.3) is 0 Å². The highest BCUT2D eigenvalue weighted by Crippen LogP contribution is 1.96. The van der Waals surface area contributed by atoms with Crippen molar-refractivity contribution < 1.29 is 9.53 Å². The molecule has 0 aliphatic rings. The number of hydrogen-bond acceptors (Lipinski definition) is 5. The Labute approximate surface area is 92.2 Å². The molecule has 0 atom stereocenters. The number of carbonyl (C=O) groups excluding carboxylic acids is 1. The third-order valence-corrected chi connectivity index (χ3v) is 1.75. The summed E-state index contributed by atoms with van der Waals surface area (Å²) in [6, 6.07) is 1.33. The van der Waals surface area contributed by atoms with Gasteiger partial charge in [0.15, 0.2) is 0 Å². The maximum atomic E-state index is 11.2. The lowest BCUT2D eigenvalue weighted by Gasteiger charge is -2.06. The lowest BCUT2D eigenvalue weighted by molar-refractivity contribution is -0.119. The van der Waals surface area contributed by atoms with Gasteiger partial charge >= 0.3 is 0 Å². The summed E-state index contributed by atoms with van der Waals surface area (Å²) in [6.45, 7) is 1.03. The van der Waals surface area contributed by atoms with Gasteiger partial charge in [0.25, 0.3) is 5.56 Å². The molecule has 0 bridgehead atoms. The van der Waals surface area contributed by atoms with Gasteiger partial charge in [-0.25, -0.2) is 5.10 Å². The maximum Gasteiger partial charge on any atom is 0.266 e. The first-order valence-corrected chi connectivity index (χ1v) is 4.76. The van der Waals surface area contributed by atoms with Crippen molar-refractivity contribution in [2.75, 3.05) is 32.1 Å². The van der Waals surface area contributed by atoms with Crippen LogP contribution in [0, 0.1) is 0 Å². The Bertz CT molecular complexity index is 390. The van der Waals surface area contributed by atoms with Crippen molar-refractivity contribution in [3.63, 3.8) is 0 Å². The number of ether oxygens (including phenoxy) is 1. The second-order valence-corrected chi connectivity index (χ2v) is 3.03. The lowest BCUT2D eigenvalue weighted by Crippen LogP contribution is -2.32. The molecule has 0 radical (unpaired) electrons. The summed E-state index contributed by atoms with van der Waals surface area (Å²) < 4.78 is 4.78. The molecule has 7 heteroatoms. The van der Waals surface area contributed by atoms with Crippen LogP contribution in [-0.2, 0) is 9.53 Å².